The number of hydroxylamine groups is 1. The van der Waals surface area contributed by atoms with Gasteiger partial charge in [-0.1, -0.05) is 17.3 Å². The molecule has 2 heterocycles. The van der Waals surface area contributed by atoms with Gasteiger partial charge in [0.05, 0.1) is 18.3 Å². The van der Waals surface area contributed by atoms with Crippen molar-refractivity contribution in [1.82, 2.24) is 20.5 Å². The predicted octanol–water partition coefficient (Wildman–Crippen LogP) is 0.0123. The summed E-state index contributed by atoms with van der Waals surface area (Å²) in [4.78, 5) is 11.4. The zero-order valence-corrected chi connectivity index (χ0v) is 13.5. The lowest BCUT2D eigenvalue weighted by Crippen LogP contribution is -2.41. The van der Waals surface area contributed by atoms with Crippen molar-refractivity contribution < 1.29 is 38.1 Å². The van der Waals surface area contributed by atoms with E-state index in [0.717, 1.165) is 12.1 Å². The molecular weight excluding hydrogens is 373 g/mol. The second-order valence-corrected chi connectivity index (χ2v) is 5.97. The van der Waals surface area contributed by atoms with Crippen LogP contribution in [0.15, 0.2) is 30.5 Å². The average molecular weight is 388 g/mol. The summed E-state index contributed by atoms with van der Waals surface area (Å²) >= 11 is 0. The molecule has 1 aliphatic rings. The minimum Gasteiger partial charge on any atom is -0.387 e. The molecule has 0 saturated carbocycles. The second-order valence-electron chi connectivity index (χ2n) is 5.97. The second kappa shape index (κ2) is 7.23. The lowest BCUT2D eigenvalue weighted by Gasteiger charge is -2.11. The van der Waals surface area contributed by atoms with E-state index >= 15 is 0 Å². The van der Waals surface area contributed by atoms with E-state index < -0.39 is 42.1 Å². The largest absolute Gasteiger partial charge is 0.416 e. The Morgan fingerprint density at radius 3 is 2.48 bits per heavy atom. The highest BCUT2D eigenvalue weighted by Gasteiger charge is 2.48. The maximum atomic E-state index is 12.6. The molecule has 1 saturated heterocycles. The number of alkyl halides is 3. The lowest BCUT2D eigenvalue weighted by molar-refractivity contribution is -0.144. The molecule has 3 rings (SSSR count). The molecule has 0 aliphatic carbocycles. The standard InChI is InChI=1S/C15H15F3N4O5/c16-15(17,18)8-3-1-7(2-4-8)5-22-6-9(19-21-22)12-10(23)11(24)13(27-12)14(25)20-26/h1-4,6,10-13,23-24,26H,5H2,(H,20,25)/t10-,11+,12+,13-/m0/s1. The highest BCUT2D eigenvalue weighted by molar-refractivity contribution is 5.80. The van der Waals surface area contributed by atoms with E-state index in [-0.39, 0.29) is 12.2 Å². The molecule has 146 valence electrons. The summed E-state index contributed by atoms with van der Waals surface area (Å²) < 4.78 is 44.3. The van der Waals surface area contributed by atoms with Gasteiger partial charge in [0.15, 0.2) is 6.10 Å². The van der Waals surface area contributed by atoms with Crippen LogP contribution in [0.5, 0.6) is 0 Å². The van der Waals surface area contributed by atoms with Crippen molar-refractivity contribution in [1.29, 1.82) is 0 Å². The van der Waals surface area contributed by atoms with Crippen molar-refractivity contribution in [3.63, 3.8) is 0 Å². The van der Waals surface area contributed by atoms with Crippen LogP contribution in [-0.2, 0) is 22.3 Å². The molecule has 4 N–H and O–H groups in total. The van der Waals surface area contributed by atoms with Crippen molar-refractivity contribution in [2.75, 3.05) is 0 Å². The van der Waals surface area contributed by atoms with Crippen LogP contribution in [0.25, 0.3) is 0 Å². The Hall–Kier alpha value is -2.54. The normalized spacial score (nSPS) is 25.6. The van der Waals surface area contributed by atoms with Gasteiger partial charge in [0.2, 0.25) is 0 Å². The maximum absolute atomic E-state index is 12.6. The smallest absolute Gasteiger partial charge is 0.387 e. The topological polar surface area (TPSA) is 130 Å². The number of aliphatic hydroxyl groups is 2. The monoisotopic (exact) mass is 388 g/mol. The van der Waals surface area contributed by atoms with Crippen LogP contribution in [-0.4, -0.2) is 54.6 Å². The fourth-order valence-electron chi connectivity index (χ4n) is 2.71. The van der Waals surface area contributed by atoms with Crippen LogP contribution >= 0.6 is 0 Å². The molecule has 9 nitrogen and oxygen atoms in total. The van der Waals surface area contributed by atoms with Crippen LogP contribution in [0, 0.1) is 0 Å². The highest BCUT2D eigenvalue weighted by Crippen LogP contribution is 2.33. The molecule has 27 heavy (non-hydrogen) atoms. The number of nitrogens with zero attached hydrogens (tertiary/aromatic N) is 3. The van der Waals surface area contributed by atoms with Crippen LogP contribution in [0.3, 0.4) is 0 Å². The Balaban J connectivity index is 1.71. The third kappa shape index (κ3) is 3.93. The van der Waals surface area contributed by atoms with Crippen molar-refractivity contribution in [2.24, 2.45) is 0 Å². The Kier molecular flexibility index (Phi) is 5.15. The number of carbonyl (C=O) groups excluding carboxylic acids is 1. The van der Waals surface area contributed by atoms with E-state index in [1.165, 1.54) is 28.5 Å². The van der Waals surface area contributed by atoms with Crippen LogP contribution in [0.1, 0.15) is 22.9 Å². The van der Waals surface area contributed by atoms with Crippen LogP contribution < -0.4 is 5.48 Å². The van der Waals surface area contributed by atoms with E-state index in [9.17, 15) is 28.2 Å². The molecule has 1 aliphatic heterocycles. The summed E-state index contributed by atoms with van der Waals surface area (Å²) in [5, 5.41) is 36.1. The number of aliphatic hydroxyl groups excluding tert-OH is 2. The number of benzene rings is 1. The summed E-state index contributed by atoms with van der Waals surface area (Å²) in [7, 11) is 0. The fraction of sp³-hybridized carbons (Fsp3) is 0.400. The number of nitrogens with one attached hydrogen (secondary N) is 1. The SMILES string of the molecule is O=C(NO)[C@H]1O[C@H](c2cn(Cc3ccc(C(F)(F)F)cc3)nn2)[C@@H](O)[C@H]1O. The first-order chi connectivity index (χ1) is 12.7. The number of carbonyl (C=O) groups is 1. The molecule has 0 radical (unpaired) electrons. The first-order valence-corrected chi connectivity index (χ1v) is 7.72. The molecule has 1 aromatic carbocycles. The molecule has 0 bridgehead atoms. The first kappa shape index (κ1) is 19.2. The third-order valence-corrected chi connectivity index (χ3v) is 4.11. The van der Waals surface area contributed by atoms with Gasteiger partial charge in [-0.25, -0.2) is 10.2 Å². The minimum atomic E-state index is -4.42. The Labute approximate surface area is 149 Å². The number of aromatic nitrogens is 3. The lowest BCUT2D eigenvalue weighted by atomic mass is 10.1. The Morgan fingerprint density at radius 2 is 1.89 bits per heavy atom. The molecule has 4 atom stereocenters. The molecule has 2 aromatic rings. The molecule has 12 heteroatoms. The fourth-order valence-corrected chi connectivity index (χ4v) is 2.71. The van der Waals surface area contributed by atoms with Gasteiger partial charge < -0.3 is 14.9 Å². The summed E-state index contributed by atoms with van der Waals surface area (Å²) in [5.41, 5.74) is 1.20. The molecule has 0 unspecified atom stereocenters. The quantitative estimate of drug-likeness (QED) is 0.429. The van der Waals surface area contributed by atoms with E-state index in [0.29, 0.717) is 5.56 Å². The highest BCUT2D eigenvalue weighted by atomic mass is 19.4. The van der Waals surface area contributed by atoms with Crippen LogP contribution in [0.2, 0.25) is 0 Å². The molecule has 0 spiro atoms. The van der Waals surface area contributed by atoms with Gasteiger partial charge in [0.25, 0.3) is 5.91 Å². The van der Waals surface area contributed by atoms with Crippen molar-refractivity contribution in [2.45, 2.75) is 37.1 Å². The van der Waals surface area contributed by atoms with E-state index in [1.807, 2.05) is 0 Å². The number of hydrogen-bond acceptors (Lipinski definition) is 7. The zero-order valence-electron chi connectivity index (χ0n) is 13.5. The summed E-state index contributed by atoms with van der Waals surface area (Å²) in [6.07, 6.45) is -8.77. The molecule has 1 amide bonds. The number of hydrogen-bond donors (Lipinski definition) is 4. The molecule has 1 aromatic heterocycles. The average Bonchev–Trinajstić information content (AvgIpc) is 3.19. The zero-order chi connectivity index (χ0) is 19.8. The third-order valence-electron chi connectivity index (χ3n) is 4.11. The predicted molar refractivity (Wildman–Crippen MR) is 80.1 cm³/mol. The first-order valence-electron chi connectivity index (χ1n) is 7.72. The van der Waals surface area contributed by atoms with Gasteiger partial charge in [-0.05, 0) is 17.7 Å². The van der Waals surface area contributed by atoms with E-state index in [2.05, 4.69) is 10.3 Å². The van der Waals surface area contributed by atoms with Crippen molar-refractivity contribution in [3.8, 4) is 0 Å². The Morgan fingerprint density at radius 1 is 1.22 bits per heavy atom. The number of halogens is 3. The van der Waals surface area contributed by atoms with E-state index in [1.54, 1.807) is 0 Å². The number of ether oxygens (including phenoxy) is 1. The summed E-state index contributed by atoms with van der Waals surface area (Å²) in [5.74, 6) is -1.03. The number of amides is 1. The summed E-state index contributed by atoms with van der Waals surface area (Å²) in [6.45, 7) is 0.108. The van der Waals surface area contributed by atoms with Gasteiger partial charge in [-0.2, -0.15) is 13.2 Å². The van der Waals surface area contributed by atoms with Gasteiger partial charge >= 0.3 is 6.18 Å². The van der Waals surface area contributed by atoms with Gasteiger partial charge in [-0.3, -0.25) is 10.0 Å². The van der Waals surface area contributed by atoms with Gasteiger partial charge in [-0.15, -0.1) is 5.10 Å². The van der Waals surface area contributed by atoms with Gasteiger partial charge in [0, 0.05) is 0 Å². The molecular formula is C15H15F3N4O5. The van der Waals surface area contributed by atoms with Crippen molar-refractivity contribution in [3.05, 3.63) is 47.3 Å². The number of rotatable bonds is 4. The van der Waals surface area contributed by atoms with Gasteiger partial charge in [0.1, 0.15) is 24.0 Å². The minimum absolute atomic E-state index is 0.108. The maximum Gasteiger partial charge on any atom is 0.416 e. The summed E-state index contributed by atoms with van der Waals surface area (Å²) in [6, 6.07) is 4.50. The molecule has 1 fully saturated rings. The van der Waals surface area contributed by atoms with Crippen LogP contribution in [0.4, 0.5) is 13.2 Å². The van der Waals surface area contributed by atoms with E-state index in [4.69, 9.17) is 9.94 Å². The van der Waals surface area contributed by atoms with Crippen molar-refractivity contribution >= 4 is 5.91 Å². The Bertz CT molecular complexity index is 811.